The summed E-state index contributed by atoms with van der Waals surface area (Å²) in [5.74, 6) is 0. The first-order chi connectivity index (χ1) is 11.9. The first kappa shape index (κ1) is 12.7. The highest BCUT2D eigenvalue weighted by Crippen LogP contribution is 2.49. The Balaban J connectivity index is 1.95. The summed E-state index contributed by atoms with van der Waals surface area (Å²) in [5.41, 5.74) is 5.73. The van der Waals surface area contributed by atoms with E-state index in [0.717, 1.165) is 6.42 Å². The second-order valence-corrected chi connectivity index (χ2v) is 7.46. The first-order valence-corrected chi connectivity index (χ1v) is 9.01. The van der Waals surface area contributed by atoms with Crippen LogP contribution in [-0.4, -0.2) is 4.98 Å². The Labute approximate surface area is 143 Å². The SMILES string of the molecule is c1ccc2c(c1)Cc1c-2c2ccncc2c2sc3ccccc3c12. The van der Waals surface area contributed by atoms with Gasteiger partial charge in [-0.25, -0.2) is 0 Å². The largest absolute Gasteiger partial charge is 0.264 e. The lowest BCUT2D eigenvalue weighted by molar-refractivity contribution is 1.29. The van der Waals surface area contributed by atoms with Crippen molar-refractivity contribution in [1.29, 1.82) is 0 Å². The van der Waals surface area contributed by atoms with Crippen LogP contribution in [0.25, 0.3) is 42.1 Å². The number of aromatic nitrogens is 1. The van der Waals surface area contributed by atoms with Crippen molar-refractivity contribution in [2.75, 3.05) is 0 Å². The molecule has 0 N–H and O–H groups in total. The highest BCUT2D eigenvalue weighted by atomic mass is 32.1. The molecule has 112 valence electrons. The van der Waals surface area contributed by atoms with Crippen molar-refractivity contribution >= 4 is 42.3 Å². The minimum Gasteiger partial charge on any atom is -0.264 e. The third-order valence-corrected chi connectivity index (χ3v) is 6.39. The van der Waals surface area contributed by atoms with Crippen LogP contribution in [0.1, 0.15) is 11.1 Å². The van der Waals surface area contributed by atoms with Gasteiger partial charge < -0.3 is 0 Å². The number of hydrogen-bond donors (Lipinski definition) is 0. The van der Waals surface area contributed by atoms with Gasteiger partial charge >= 0.3 is 0 Å². The summed E-state index contributed by atoms with van der Waals surface area (Å²) in [6.45, 7) is 0. The highest BCUT2D eigenvalue weighted by molar-refractivity contribution is 7.26. The van der Waals surface area contributed by atoms with Crippen molar-refractivity contribution < 1.29 is 0 Å². The number of nitrogens with zero attached hydrogens (tertiary/aromatic N) is 1. The lowest BCUT2D eigenvalue weighted by Gasteiger charge is -2.09. The molecule has 1 aliphatic carbocycles. The second-order valence-electron chi connectivity index (χ2n) is 6.41. The van der Waals surface area contributed by atoms with Gasteiger partial charge in [-0.15, -0.1) is 11.3 Å². The fraction of sp³-hybridized carbons (Fsp3) is 0.0455. The fourth-order valence-corrected chi connectivity index (χ4v) is 5.46. The molecule has 0 spiro atoms. The predicted molar refractivity (Wildman–Crippen MR) is 103 cm³/mol. The van der Waals surface area contributed by atoms with Gasteiger partial charge in [0.2, 0.25) is 0 Å². The maximum absolute atomic E-state index is 4.42. The van der Waals surface area contributed by atoms with Gasteiger partial charge in [0.1, 0.15) is 0 Å². The van der Waals surface area contributed by atoms with E-state index in [-0.39, 0.29) is 0 Å². The zero-order chi connectivity index (χ0) is 15.7. The van der Waals surface area contributed by atoms with Gasteiger partial charge in [0.15, 0.2) is 0 Å². The Hall–Kier alpha value is -2.71. The first-order valence-electron chi connectivity index (χ1n) is 8.20. The summed E-state index contributed by atoms with van der Waals surface area (Å²) < 4.78 is 2.74. The summed E-state index contributed by atoms with van der Waals surface area (Å²) in [5, 5.41) is 5.43. The molecule has 0 radical (unpaired) electrons. The van der Waals surface area contributed by atoms with Crippen LogP contribution in [0, 0.1) is 0 Å². The third-order valence-electron chi connectivity index (χ3n) is 5.19. The monoisotopic (exact) mass is 323 g/mol. The summed E-state index contributed by atoms with van der Waals surface area (Å²) in [7, 11) is 0. The van der Waals surface area contributed by atoms with Crippen molar-refractivity contribution in [3.63, 3.8) is 0 Å². The molecule has 5 aromatic rings. The van der Waals surface area contributed by atoms with Gasteiger partial charge in [-0.2, -0.15) is 0 Å². The number of fused-ring (bicyclic) bond motifs is 10. The van der Waals surface area contributed by atoms with E-state index in [0.29, 0.717) is 0 Å². The molecule has 24 heavy (non-hydrogen) atoms. The molecule has 0 saturated heterocycles. The van der Waals surface area contributed by atoms with Gasteiger partial charge in [-0.1, -0.05) is 42.5 Å². The van der Waals surface area contributed by atoms with Crippen molar-refractivity contribution in [3.05, 3.63) is 78.1 Å². The average molecular weight is 323 g/mol. The molecule has 2 heteroatoms. The molecule has 0 saturated carbocycles. The zero-order valence-electron chi connectivity index (χ0n) is 12.9. The van der Waals surface area contributed by atoms with E-state index in [1.54, 1.807) is 0 Å². The van der Waals surface area contributed by atoms with E-state index in [1.165, 1.54) is 53.2 Å². The summed E-state index contributed by atoms with van der Waals surface area (Å²) in [6, 6.07) is 19.8. The Bertz CT molecular complexity index is 1280. The normalized spacial score (nSPS) is 12.8. The number of rotatable bonds is 0. The van der Waals surface area contributed by atoms with E-state index < -0.39 is 0 Å². The Morgan fingerprint density at radius 1 is 0.833 bits per heavy atom. The van der Waals surface area contributed by atoms with Crippen LogP contribution in [0.4, 0.5) is 0 Å². The van der Waals surface area contributed by atoms with Gasteiger partial charge in [-0.05, 0) is 46.2 Å². The minimum absolute atomic E-state index is 1.03. The number of benzene rings is 3. The van der Waals surface area contributed by atoms with E-state index >= 15 is 0 Å². The molecule has 0 amide bonds. The molecule has 1 nitrogen and oxygen atoms in total. The molecule has 0 unspecified atom stereocenters. The molecule has 2 aromatic heterocycles. The molecule has 0 fully saturated rings. The highest BCUT2D eigenvalue weighted by Gasteiger charge is 2.25. The Morgan fingerprint density at radius 2 is 1.71 bits per heavy atom. The van der Waals surface area contributed by atoms with Crippen LogP contribution < -0.4 is 0 Å². The van der Waals surface area contributed by atoms with Crippen molar-refractivity contribution in [2.45, 2.75) is 6.42 Å². The van der Waals surface area contributed by atoms with Crippen molar-refractivity contribution in [1.82, 2.24) is 4.98 Å². The van der Waals surface area contributed by atoms with E-state index in [2.05, 4.69) is 59.6 Å². The molecule has 0 atom stereocenters. The quantitative estimate of drug-likeness (QED) is 0.325. The third kappa shape index (κ3) is 1.47. The van der Waals surface area contributed by atoms with E-state index in [4.69, 9.17) is 0 Å². The van der Waals surface area contributed by atoms with Crippen LogP contribution >= 0.6 is 11.3 Å². The maximum atomic E-state index is 4.42. The summed E-state index contributed by atoms with van der Waals surface area (Å²) >= 11 is 1.90. The lowest BCUT2D eigenvalue weighted by atomic mass is 9.95. The number of thiophene rings is 1. The van der Waals surface area contributed by atoms with Crippen LogP contribution in [0.2, 0.25) is 0 Å². The van der Waals surface area contributed by atoms with Gasteiger partial charge in [-0.3, -0.25) is 4.98 Å². The minimum atomic E-state index is 1.03. The van der Waals surface area contributed by atoms with E-state index in [1.807, 2.05) is 23.7 Å². The van der Waals surface area contributed by atoms with E-state index in [9.17, 15) is 0 Å². The van der Waals surface area contributed by atoms with Crippen molar-refractivity contribution in [2.24, 2.45) is 0 Å². The summed E-state index contributed by atoms with van der Waals surface area (Å²) in [6.07, 6.45) is 4.98. The topological polar surface area (TPSA) is 12.9 Å². The van der Waals surface area contributed by atoms with Crippen LogP contribution in [0.3, 0.4) is 0 Å². The predicted octanol–water partition coefficient (Wildman–Crippen LogP) is 6.17. The van der Waals surface area contributed by atoms with Crippen molar-refractivity contribution in [3.8, 4) is 11.1 Å². The smallest absolute Gasteiger partial charge is 0.0452 e. The number of pyridine rings is 1. The zero-order valence-corrected chi connectivity index (χ0v) is 13.7. The van der Waals surface area contributed by atoms with Crippen LogP contribution in [0.15, 0.2) is 67.0 Å². The van der Waals surface area contributed by atoms with Gasteiger partial charge in [0, 0.05) is 38.0 Å². The molecule has 2 heterocycles. The maximum Gasteiger partial charge on any atom is 0.0452 e. The Kier molecular flexibility index (Phi) is 2.34. The molecular formula is C22H13NS. The standard InChI is InChI=1S/C22H13NS/c1-2-6-14-13(5-1)11-17-20(14)15-9-10-23-12-18(15)22-21(17)16-7-3-4-8-19(16)24-22/h1-10,12H,11H2. The van der Waals surface area contributed by atoms with Gasteiger partial charge in [0.05, 0.1) is 0 Å². The lowest BCUT2D eigenvalue weighted by Crippen LogP contribution is -1.86. The summed E-state index contributed by atoms with van der Waals surface area (Å²) in [4.78, 5) is 4.42. The average Bonchev–Trinajstić information content (AvgIpc) is 3.20. The molecular weight excluding hydrogens is 310 g/mol. The molecule has 0 bridgehead atoms. The molecule has 6 rings (SSSR count). The van der Waals surface area contributed by atoms with Crippen LogP contribution in [-0.2, 0) is 6.42 Å². The molecule has 0 aliphatic heterocycles. The van der Waals surface area contributed by atoms with Gasteiger partial charge in [0.25, 0.3) is 0 Å². The fourth-order valence-electron chi connectivity index (χ4n) is 4.21. The molecule has 3 aromatic carbocycles. The van der Waals surface area contributed by atoms with Crippen LogP contribution in [0.5, 0.6) is 0 Å². The second kappa shape index (κ2) is 4.43. The Morgan fingerprint density at radius 3 is 2.71 bits per heavy atom. The number of hydrogen-bond acceptors (Lipinski definition) is 2. The molecule has 1 aliphatic rings.